The number of hydrogen-bond acceptors (Lipinski definition) is 3. The monoisotopic (exact) mass is 259 g/mol. The van der Waals surface area contributed by atoms with Gasteiger partial charge in [-0.05, 0) is 30.4 Å². The van der Waals surface area contributed by atoms with Crippen LogP contribution in [-0.2, 0) is 16.1 Å². The molecule has 1 fully saturated rings. The van der Waals surface area contributed by atoms with Gasteiger partial charge in [0.1, 0.15) is 6.10 Å². The first-order valence-corrected chi connectivity index (χ1v) is 6.48. The van der Waals surface area contributed by atoms with Crippen molar-refractivity contribution in [2.24, 2.45) is 5.84 Å². The van der Waals surface area contributed by atoms with Crippen LogP contribution in [0.2, 0.25) is 0 Å². The summed E-state index contributed by atoms with van der Waals surface area (Å²) >= 11 is 0. The highest BCUT2D eigenvalue weighted by Crippen LogP contribution is 2.23. The molecule has 2 heterocycles. The fourth-order valence-electron chi connectivity index (χ4n) is 2.65. The van der Waals surface area contributed by atoms with Gasteiger partial charge in [0.15, 0.2) is 0 Å². The summed E-state index contributed by atoms with van der Waals surface area (Å²) in [4.78, 5) is 11.4. The minimum atomic E-state index is -0.406. The Morgan fingerprint density at radius 2 is 2.21 bits per heavy atom. The van der Waals surface area contributed by atoms with Gasteiger partial charge in [0, 0.05) is 18.3 Å². The molecule has 5 heteroatoms. The van der Waals surface area contributed by atoms with Crippen molar-refractivity contribution in [3.63, 3.8) is 0 Å². The van der Waals surface area contributed by atoms with Crippen LogP contribution in [0.15, 0.2) is 36.5 Å². The number of carbonyl (C=O) groups excluding carboxylic acids is 1. The van der Waals surface area contributed by atoms with Gasteiger partial charge in [-0.25, -0.2) is 5.84 Å². The van der Waals surface area contributed by atoms with E-state index < -0.39 is 6.10 Å². The number of nitrogens with two attached hydrogens (primary N) is 1. The first-order chi connectivity index (χ1) is 9.28. The smallest absolute Gasteiger partial charge is 0.263 e. The van der Waals surface area contributed by atoms with Crippen LogP contribution in [0, 0.1) is 0 Å². The summed E-state index contributed by atoms with van der Waals surface area (Å²) in [6, 6.07) is 10.3. The maximum absolute atomic E-state index is 11.4. The number of aromatic nitrogens is 1. The molecule has 0 bridgehead atoms. The van der Waals surface area contributed by atoms with E-state index in [2.05, 4.69) is 34.4 Å². The number of ether oxygens (including phenoxy) is 1. The van der Waals surface area contributed by atoms with Gasteiger partial charge in [-0.2, -0.15) is 0 Å². The maximum Gasteiger partial charge on any atom is 0.263 e. The van der Waals surface area contributed by atoms with Crippen LogP contribution >= 0.6 is 0 Å². The Morgan fingerprint density at radius 3 is 3.05 bits per heavy atom. The molecule has 1 aromatic carbocycles. The minimum absolute atomic E-state index is 0.0677. The number of rotatable bonds is 3. The zero-order valence-corrected chi connectivity index (χ0v) is 10.6. The van der Waals surface area contributed by atoms with E-state index in [1.54, 1.807) is 0 Å². The Kier molecular flexibility index (Phi) is 3.23. The van der Waals surface area contributed by atoms with Gasteiger partial charge in [-0.1, -0.05) is 18.2 Å². The molecule has 1 saturated heterocycles. The highest BCUT2D eigenvalue weighted by atomic mass is 16.5. The number of para-hydroxylation sites is 1. The van der Waals surface area contributed by atoms with Crippen molar-refractivity contribution >= 4 is 16.8 Å². The highest BCUT2D eigenvalue weighted by molar-refractivity contribution is 5.80. The zero-order valence-electron chi connectivity index (χ0n) is 10.6. The van der Waals surface area contributed by atoms with Gasteiger partial charge in [-0.15, -0.1) is 0 Å². The summed E-state index contributed by atoms with van der Waals surface area (Å²) in [6.45, 7) is 0.766. The standard InChI is InChI=1S/C14H17N3O2/c15-16-14(18)13-6-5-11(19-13)9-17-8-7-10-3-1-2-4-12(10)17/h1-4,7-8,11,13H,5-6,9,15H2,(H,16,18). The molecule has 3 N–H and O–H groups in total. The Labute approximate surface area is 111 Å². The molecule has 0 saturated carbocycles. The van der Waals surface area contributed by atoms with Gasteiger partial charge >= 0.3 is 0 Å². The predicted octanol–water partition coefficient (Wildman–Crippen LogP) is 1.18. The SMILES string of the molecule is NNC(=O)C1CCC(Cn2ccc3ccccc32)O1. The van der Waals surface area contributed by atoms with Crippen LogP contribution in [0.3, 0.4) is 0 Å². The van der Waals surface area contributed by atoms with Crippen molar-refractivity contribution in [3.05, 3.63) is 36.5 Å². The molecule has 0 radical (unpaired) electrons. The average Bonchev–Trinajstić information content (AvgIpc) is 3.06. The second-order valence-electron chi connectivity index (χ2n) is 4.86. The molecule has 2 aromatic rings. The van der Waals surface area contributed by atoms with Crippen molar-refractivity contribution < 1.29 is 9.53 Å². The summed E-state index contributed by atoms with van der Waals surface area (Å²) in [7, 11) is 0. The van der Waals surface area contributed by atoms with Gasteiger partial charge < -0.3 is 9.30 Å². The molecule has 5 nitrogen and oxygen atoms in total. The van der Waals surface area contributed by atoms with Crippen molar-refractivity contribution in [3.8, 4) is 0 Å². The molecular weight excluding hydrogens is 242 g/mol. The van der Waals surface area contributed by atoms with E-state index in [-0.39, 0.29) is 12.0 Å². The largest absolute Gasteiger partial charge is 0.363 e. The molecule has 1 aliphatic rings. The zero-order chi connectivity index (χ0) is 13.2. The van der Waals surface area contributed by atoms with Crippen LogP contribution in [0.25, 0.3) is 10.9 Å². The fraction of sp³-hybridized carbons (Fsp3) is 0.357. The quantitative estimate of drug-likeness (QED) is 0.494. The highest BCUT2D eigenvalue weighted by Gasteiger charge is 2.30. The number of benzene rings is 1. The second kappa shape index (κ2) is 5.03. The van der Waals surface area contributed by atoms with Crippen molar-refractivity contribution in [1.82, 2.24) is 9.99 Å². The van der Waals surface area contributed by atoms with Crippen molar-refractivity contribution in [1.29, 1.82) is 0 Å². The topological polar surface area (TPSA) is 69.3 Å². The van der Waals surface area contributed by atoms with E-state index >= 15 is 0 Å². The van der Waals surface area contributed by atoms with Crippen molar-refractivity contribution in [2.45, 2.75) is 31.6 Å². The molecule has 1 aromatic heterocycles. The molecule has 19 heavy (non-hydrogen) atoms. The van der Waals surface area contributed by atoms with Crippen LogP contribution < -0.4 is 11.3 Å². The van der Waals surface area contributed by atoms with Crippen LogP contribution in [0.4, 0.5) is 0 Å². The number of hydrazine groups is 1. The van der Waals surface area contributed by atoms with Crippen LogP contribution in [-0.4, -0.2) is 22.7 Å². The van der Waals surface area contributed by atoms with Crippen LogP contribution in [0.1, 0.15) is 12.8 Å². The summed E-state index contributed by atoms with van der Waals surface area (Å²) in [5.41, 5.74) is 3.34. The molecule has 0 aliphatic carbocycles. The predicted molar refractivity (Wildman–Crippen MR) is 72.2 cm³/mol. The Bertz CT molecular complexity index is 593. The molecule has 1 aliphatic heterocycles. The van der Waals surface area contributed by atoms with Gasteiger partial charge in [0.2, 0.25) is 0 Å². The van der Waals surface area contributed by atoms with Crippen LogP contribution in [0.5, 0.6) is 0 Å². The first kappa shape index (κ1) is 12.2. The van der Waals surface area contributed by atoms with E-state index in [4.69, 9.17) is 10.6 Å². The van der Waals surface area contributed by atoms with Gasteiger partial charge in [0.25, 0.3) is 5.91 Å². The molecule has 2 atom stereocenters. The Morgan fingerprint density at radius 1 is 1.37 bits per heavy atom. The van der Waals surface area contributed by atoms with Gasteiger partial charge in [-0.3, -0.25) is 10.2 Å². The number of nitrogens with zero attached hydrogens (tertiary/aromatic N) is 1. The lowest BCUT2D eigenvalue weighted by Gasteiger charge is -2.14. The summed E-state index contributed by atoms with van der Waals surface area (Å²) in [5, 5.41) is 1.22. The van der Waals surface area contributed by atoms with Crippen molar-refractivity contribution in [2.75, 3.05) is 0 Å². The summed E-state index contributed by atoms with van der Waals surface area (Å²) in [6.07, 6.45) is 3.33. The fourth-order valence-corrected chi connectivity index (χ4v) is 2.65. The Hall–Kier alpha value is -1.85. The number of hydrogen-bond donors (Lipinski definition) is 2. The van der Waals surface area contributed by atoms with E-state index in [1.807, 2.05) is 12.1 Å². The molecule has 100 valence electrons. The molecule has 2 unspecified atom stereocenters. The van der Waals surface area contributed by atoms with E-state index in [0.717, 1.165) is 19.4 Å². The normalized spacial score (nSPS) is 22.8. The maximum atomic E-state index is 11.4. The number of carbonyl (C=O) groups is 1. The van der Waals surface area contributed by atoms with Gasteiger partial charge in [0.05, 0.1) is 6.10 Å². The lowest BCUT2D eigenvalue weighted by atomic mass is 10.2. The van der Waals surface area contributed by atoms with E-state index in [0.29, 0.717) is 0 Å². The van der Waals surface area contributed by atoms with E-state index in [9.17, 15) is 4.79 Å². The summed E-state index contributed by atoms with van der Waals surface area (Å²) < 4.78 is 7.89. The third-order valence-corrected chi connectivity index (χ3v) is 3.62. The Balaban J connectivity index is 1.71. The molecule has 1 amide bonds. The average molecular weight is 259 g/mol. The van der Waals surface area contributed by atoms with E-state index in [1.165, 1.54) is 10.9 Å². The third-order valence-electron chi connectivity index (χ3n) is 3.62. The third kappa shape index (κ3) is 2.34. The molecule has 3 rings (SSSR count). The second-order valence-corrected chi connectivity index (χ2v) is 4.86. The lowest BCUT2D eigenvalue weighted by Crippen LogP contribution is -2.39. The molecular formula is C14H17N3O2. The first-order valence-electron chi connectivity index (χ1n) is 6.48. The number of amides is 1. The summed E-state index contributed by atoms with van der Waals surface area (Å²) in [5.74, 6) is 4.89. The number of fused-ring (bicyclic) bond motifs is 1. The lowest BCUT2D eigenvalue weighted by molar-refractivity contribution is -0.132. The number of nitrogens with one attached hydrogen (secondary N) is 1. The minimum Gasteiger partial charge on any atom is -0.363 e. The molecule has 0 spiro atoms.